The quantitative estimate of drug-likeness (QED) is 0.442. The van der Waals surface area contributed by atoms with Gasteiger partial charge in [0, 0.05) is 0 Å². The van der Waals surface area contributed by atoms with Gasteiger partial charge in [-0.15, -0.1) is 0 Å². The summed E-state index contributed by atoms with van der Waals surface area (Å²) in [6, 6.07) is 15.2. The van der Waals surface area contributed by atoms with Crippen molar-refractivity contribution in [2.45, 2.75) is 66.7 Å². The normalized spacial score (nSPS) is 12.3. The minimum atomic E-state index is -0.160. The third-order valence-corrected chi connectivity index (χ3v) is 4.91. The van der Waals surface area contributed by atoms with Crippen LogP contribution in [0.3, 0.4) is 0 Å². The largest absolute Gasteiger partial charge is 0.207 e. The molecule has 26 heavy (non-hydrogen) atoms. The lowest BCUT2D eigenvalue weighted by atomic mass is 9.93. The fourth-order valence-corrected chi connectivity index (χ4v) is 2.78. The maximum Gasteiger partial charge on any atom is 0.123 e. The Balaban J connectivity index is 0.000000314. The molecule has 0 aliphatic heterocycles. The summed E-state index contributed by atoms with van der Waals surface area (Å²) in [5.74, 6) is 0.549. The molecule has 0 amide bonds. The number of halogens is 1. The molecule has 0 nitrogen and oxygen atoms in total. The molecule has 0 bridgehead atoms. The maximum absolute atomic E-state index is 12.2. The van der Waals surface area contributed by atoms with Crippen LogP contribution in [0.1, 0.15) is 70.1 Å². The Hall–Kier alpha value is -1.89. The van der Waals surface area contributed by atoms with Gasteiger partial charge in [0.1, 0.15) is 5.82 Å². The zero-order valence-corrected chi connectivity index (χ0v) is 17.2. The van der Waals surface area contributed by atoms with Crippen LogP contribution < -0.4 is 0 Å². The molecule has 2 aromatic rings. The fourth-order valence-electron chi connectivity index (χ4n) is 2.78. The Bertz CT molecular complexity index is 652. The van der Waals surface area contributed by atoms with Crippen LogP contribution in [-0.4, -0.2) is 0 Å². The number of hydrogen-bond acceptors (Lipinski definition) is 0. The van der Waals surface area contributed by atoms with E-state index in [-0.39, 0.29) is 5.82 Å². The molecule has 2 rings (SSSR count). The van der Waals surface area contributed by atoms with Crippen molar-refractivity contribution < 1.29 is 4.39 Å². The molecular weight excluding hydrogens is 319 g/mol. The summed E-state index contributed by atoms with van der Waals surface area (Å²) >= 11 is 0. The first kappa shape index (κ1) is 22.2. The molecule has 1 atom stereocenters. The van der Waals surface area contributed by atoms with Gasteiger partial charge in [0.2, 0.25) is 0 Å². The summed E-state index contributed by atoms with van der Waals surface area (Å²) in [4.78, 5) is 0. The molecule has 0 aliphatic rings. The SMILES string of the molecule is CCCCCC(C)/C(C)=C/c1ccccc1C.CCc1ccc(F)cc1. The van der Waals surface area contributed by atoms with Gasteiger partial charge in [-0.25, -0.2) is 4.39 Å². The number of rotatable bonds is 7. The zero-order chi connectivity index (χ0) is 19.4. The molecule has 0 aromatic heterocycles. The molecule has 0 saturated heterocycles. The van der Waals surface area contributed by atoms with Crippen molar-refractivity contribution >= 4 is 6.08 Å². The van der Waals surface area contributed by atoms with Crippen LogP contribution in [0.2, 0.25) is 0 Å². The highest BCUT2D eigenvalue weighted by molar-refractivity contribution is 5.56. The molecule has 0 heterocycles. The summed E-state index contributed by atoms with van der Waals surface area (Å²) in [5.41, 5.74) is 5.42. The number of unbranched alkanes of at least 4 members (excludes halogenated alkanes) is 2. The van der Waals surface area contributed by atoms with E-state index in [1.165, 1.54) is 60.1 Å². The van der Waals surface area contributed by atoms with Gasteiger partial charge in [0.15, 0.2) is 0 Å². The van der Waals surface area contributed by atoms with E-state index in [9.17, 15) is 4.39 Å². The fraction of sp³-hybridized carbons (Fsp3) is 0.440. The lowest BCUT2D eigenvalue weighted by Gasteiger charge is -2.12. The van der Waals surface area contributed by atoms with E-state index in [4.69, 9.17) is 0 Å². The molecule has 0 N–H and O–H groups in total. The number of allylic oxidation sites excluding steroid dienone is 1. The van der Waals surface area contributed by atoms with E-state index in [0.29, 0.717) is 5.92 Å². The number of aryl methyl sites for hydroxylation is 2. The van der Waals surface area contributed by atoms with Gasteiger partial charge in [-0.3, -0.25) is 0 Å². The van der Waals surface area contributed by atoms with E-state index in [1.54, 1.807) is 12.1 Å². The summed E-state index contributed by atoms with van der Waals surface area (Å²) < 4.78 is 12.2. The van der Waals surface area contributed by atoms with E-state index >= 15 is 0 Å². The first-order valence-electron chi connectivity index (χ1n) is 9.96. The van der Waals surface area contributed by atoms with E-state index < -0.39 is 0 Å². The standard InChI is InChI=1S/C17H26.C8H9F/c1-5-6-7-10-14(2)16(4)13-17-12-9-8-11-15(17)3;1-2-7-3-5-8(9)6-4-7/h8-9,11-14H,5-7,10H2,1-4H3;3-6H,2H2,1H3/b16-13+;. The minimum absolute atomic E-state index is 0.160. The van der Waals surface area contributed by atoms with Gasteiger partial charge < -0.3 is 0 Å². The molecular formula is C25H35F. The van der Waals surface area contributed by atoms with Crippen LogP contribution >= 0.6 is 0 Å². The Morgan fingerprint density at radius 2 is 1.65 bits per heavy atom. The molecule has 0 spiro atoms. The summed E-state index contributed by atoms with van der Waals surface area (Å²) in [7, 11) is 0. The van der Waals surface area contributed by atoms with Crippen molar-refractivity contribution in [3.05, 3.63) is 76.6 Å². The summed E-state index contributed by atoms with van der Waals surface area (Å²) in [6.45, 7) is 11.1. The highest BCUT2D eigenvalue weighted by Crippen LogP contribution is 2.21. The smallest absolute Gasteiger partial charge is 0.123 e. The minimum Gasteiger partial charge on any atom is -0.207 e. The molecule has 0 radical (unpaired) electrons. The van der Waals surface area contributed by atoms with Gasteiger partial charge >= 0.3 is 0 Å². The predicted octanol–water partition coefficient (Wildman–Crippen LogP) is 8.00. The Morgan fingerprint density at radius 1 is 1.00 bits per heavy atom. The van der Waals surface area contributed by atoms with Crippen LogP contribution in [0.15, 0.2) is 54.1 Å². The lowest BCUT2D eigenvalue weighted by molar-refractivity contribution is 0.556. The van der Waals surface area contributed by atoms with Crippen molar-refractivity contribution in [1.82, 2.24) is 0 Å². The number of hydrogen-bond donors (Lipinski definition) is 0. The van der Waals surface area contributed by atoms with E-state index in [0.717, 1.165) is 6.42 Å². The predicted molar refractivity (Wildman–Crippen MR) is 114 cm³/mol. The van der Waals surface area contributed by atoms with Crippen LogP contribution in [0.5, 0.6) is 0 Å². The monoisotopic (exact) mass is 354 g/mol. The van der Waals surface area contributed by atoms with Crippen LogP contribution in [0.4, 0.5) is 4.39 Å². The van der Waals surface area contributed by atoms with Gasteiger partial charge in [0.05, 0.1) is 0 Å². The van der Waals surface area contributed by atoms with Gasteiger partial charge in [-0.05, 0) is 61.4 Å². The Kier molecular flexibility index (Phi) is 10.6. The second-order valence-electron chi connectivity index (χ2n) is 7.12. The zero-order valence-electron chi connectivity index (χ0n) is 17.2. The topological polar surface area (TPSA) is 0 Å². The first-order valence-corrected chi connectivity index (χ1v) is 9.96. The van der Waals surface area contributed by atoms with Crippen molar-refractivity contribution in [1.29, 1.82) is 0 Å². The van der Waals surface area contributed by atoms with E-state index in [2.05, 4.69) is 58.0 Å². The summed E-state index contributed by atoms with van der Waals surface area (Å²) in [6.07, 6.45) is 8.68. The first-order chi connectivity index (χ1) is 12.5. The third kappa shape index (κ3) is 8.47. The second-order valence-corrected chi connectivity index (χ2v) is 7.12. The van der Waals surface area contributed by atoms with Crippen molar-refractivity contribution in [3.8, 4) is 0 Å². The Morgan fingerprint density at radius 3 is 2.23 bits per heavy atom. The molecule has 1 unspecified atom stereocenters. The third-order valence-electron chi connectivity index (χ3n) is 4.91. The highest BCUT2D eigenvalue weighted by Gasteiger charge is 2.04. The molecule has 0 aliphatic carbocycles. The highest BCUT2D eigenvalue weighted by atomic mass is 19.1. The van der Waals surface area contributed by atoms with Crippen molar-refractivity contribution in [2.75, 3.05) is 0 Å². The maximum atomic E-state index is 12.2. The Labute approximate surface area is 160 Å². The van der Waals surface area contributed by atoms with Crippen molar-refractivity contribution in [3.63, 3.8) is 0 Å². The van der Waals surface area contributed by atoms with Gasteiger partial charge in [0.25, 0.3) is 0 Å². The molecule has 0 saturated carbocycles. The molecule has 2 aromatic carbocycles. The van der Waals surface area contributed by atoms with Gasteiger partial charge in [-0.2, -0.15) is 0 Å². The van der Waals surface area contributed by atoms with Crippen LogP contribution in [0, 0.1) is 18.7 Å². The van der Waals surface area contributed by atoms with Crippen LogP contribution in [0.25, 0.3) is 6.08 Å². The average Bonchev–Trinajstić information content (AvgIpc) is 2.65. The molecule has 0 fully saturated rings. The van der Waals surface area contributed by atoms with Crippen LogP contribution in [-0.2, 0) is 6.42 Å². The molecule has 142 valence electrons. The second kappa shape index (κ2) is 12.5. The number of benzene rings is 2. The van der Waals surface area contributed by atoms with Crippen molar-refractivity contribution in [2.24, 2.45) is 5.92 Å². The lowest BCUT2D eigenvalue weighted by Crippen LogP contribution is -1.96. The summed E-state index contributed by atoms with van der Waals surface area (Å²) in [5, 5.41) is 0. The molecule has 1 heteroatoms. The van der Waals surface area contributed by atoms with Gasteiger partial charge in [-0.1, -0.05) is 88.1 Å². The van der Waals surface area contributed by atoms with E-state index in [1.807, 2.05) is 6.92 Å². The average molecular weight is 355 g/mol.